The third kappa shape index (κ3) is 2.09. The van der Waals surface area contributed by atoms with Crippen LogP contribution in [0.4, 0.5) is 5.69 Å². The van der Waals surface area contributed by atoms with Crippen LogP contribution in [0.3, 0.4) is 0 Å². The highest BCUT2D eigenvalue weighted by molar-refractivity contribution is 5.92. The van der Waals surface area contributed by atoms with Crippen LogP contribution in [0, 0.1) is 0 Å². The molecule has 1 aromatic rings. The molecule has 2 rings (SSSR count). The molecule has 1 N–H and O–H groups in total. The molecular weight excluding hydrogens is 192 g/mol. The number of aromatic carboxylic acids is 1. The fourth-order valence-electron chi connectivity index (χ4n) is 1.95. The van der Waals surface area contributed by atoms with E-state index in [1.54, 1.807) is 6.07 Å². The van der Waals surface area contributed by atoms with Crippen LogP contribution in [0.25, 0.3) is 0 Å². The molecule has 4 nitrogen and oxygen atoms in total. The summed E-state index contributed by atoms with van der Waals surface area (Å²) in [5, 5.41) is 9.01. The van der Waals surface area contributed by atoms with Crippen molar-refractivity contribution in [3.8, 4) is 0 Å². The molecule has 0 bridgehead atoms. The molecule has 1 fully saturated rings. The number of hydrogen-bond donors (Lipinski definition) is 1. The maximum absolute atomic E-state index is 11.0. The van der Waals surface area contributed by atoms with Gasteiger partial charge in [0.2, 0.25) is 0 Å². The van der Waals surface area contributed by atoms with E-state index in [9.17, 15) is 4.79 Å². The van der Waals surface area contributed by atoms with Gasteiger partial charge in [-0.2, -0.15) is 0 Å². The lowest BCUT2D eigenvalue weighted by molar-refractivity contribution is 0.0691. The van der Waals surface area contributed by atoms with E-state index in [0.717, 1.165) is 31.6 Å². The highest BCUT2D eigenvalue weighted by Crippen LogP contribution is 2.22. The normalized spacial score (nSPS) is 16.4. The fraction of sp³-hybridized carbons (Fsp3) is 0.455. The molecule has 4 heteroatoms. The summed E-state index contributed by atoms with van der Waals surface area (Å²) < 4.78 is 0. The second-order valence-electron chi connectivity index (χ2n) is 3.72. The second kappa shape index (κ2) is 4.29. The van der Waals surface area contributed by atoms with Gasteiger partial charge in [0.1, 0.15) is 0 Å². The minimum Gasteiger partial charge on any atom is -0.476 e. The Hall–Kier alpha value is -1.58. The van der Waals surface area contributed by atoms with Crippen molar-refractivity contribution < 1.29 is 9.90 Å². The molecule has 2 heterocycles. The number of hydrogen-bond acceptors (Lipinski definition) is 3. The lowest BCUT2D eigenvalue weighted by atomic mass is 10.1. The molecule has 0 aromatic carbocycles. The Bertz CT molecular complexity index is 359. The van der Waals surface area contributed by atoms with Crippen molar-refractivity contribution in [1.82, 2.24) is 4.98 Å². The molecule has 0 atom stereocenters. The average Bonchev–Trinajstić information content (AvgIpc) is 2.30. The lowest BCUT2D eigenvalue weighted by Crippen LogP contribution is -2.31. The van der Waals surface area contributed by atoms with Crippen molar-refractivity contribution in [2.75, 3.05) is 18.0 Å². The van der Waals surface area contributed by atoms with Gasteiger partial charge >= 0.3 is 5.97 Å². The molecule has 0 spiro atoms. The van der Waals surface area contributed by atoms with Crippen molar-refractivity contribution in [2.45, 2.75) is 19.3 Å². The molecule has 0 unspecified atom stereocenters. The molecule has 1 aliphatic rings. The zero-order valence-corrected chi connectivity index (χ0v) is 8.52. The number of anilines is 1. The maximum Gasteiger partial charge on any atom is 0.356 e. The lowest BCUT2D eigenvalue weighted by Gasteiger charge is -2.29. The summed E-state index contributed by atoms with van der Waals surface area (Å²) in [6.45, 7) is 1.87. The Morgan fingerprint density at radius 3 is 2.73 bits per heavy atom. The van der Waals surface area contributed by atoms with Gasteiger partial charge in [0.25, 0.3) is 0 Å². The molecule has 15 heavy (non-hydrogen) atoms. The van der Waals surface area contributed by atoms with Crippen LogP contribution in [0.5, 0.6) is 0 Å². The van der Waals surface area contributed by atoms with Gasteiger partial charge in [-0.15, -0.1) is 0 Å². The minimum atomic E-state index is -0.948. The summed E-state index contributed by atoms with van der Waals surface area (Å²) in [5.41, 5.74) is 0.920. The first-order valence-corrected chi connectivity index (χ1v) is 5.22. The molecule has 1 saturated heterocycles. The van der Waals surface area contributed by atoms with Crippen molar-refractivity contribution in [3.63, 3.8) is 0 Å². The molecule has 0 amide bonds. The number of piperidine rings is 1. The van der Waals surface area contributed by atoms with E-state index in [1.165, 1.54) is 12.6 Å². The van der Waals surface area contributed by atoms with Crippen molar-refractivity contribution >= 4 is 11.7 Å². The highest BCUT2D eigenvalue weighted by Gasteiger charge is 2.18. The predicted octanol–water partition coefficient (Wildman–Crippen LogP) is 1.77. The molecule has 0 radical (unpaired) electrons. The van der Waals surface area contributed by atoms with E-state index in [-0.39, 0.29) is 5.69 Å². The van der Waals surface area contributed by atoms with Crippen molar-refractivity contribution in [2.24, 2.45) is 0 Å². The number of carboxylic acid groups (broad SMARTS) is 1. The van der Waals surface area contributed by atoms with Gasteiger partial charge in [-0.1, -0.05) is 0 Å². The van der Waals surface area contributed by atoms with Crippen LogP contribution in [-0.2, 0) is 0 Å². The van der Waals surface area contributed by atoms with E-state index in [1.807, 2.05) is 6.07 Å². The van der Waals surface area contributed by atoms with Gasteiger partial charge < -0.3 is 10.0 Å². The second-order valence-corrected chi connectivity index (χ2v) is 3.72. The van der Waals surface area contributed by atoms with Gasteiger partial charge in [0, 0.05) is 19.3 Å². The quantitative estimate of drug-likeness (QED) is 0.801. The van der Waals surface area contributed by atoms with E-state index in [2.05, 4.69) is 9.88 Å². The van der Waals surface area contributed by atoms with Gasteiger partial charge in [0.05, 0.1) is 5.69 Å². The maximum atomic E-state index is 11.0. The Morgan fingerprint density at radius 2 is 2.07 bits per heavy atom. The SMILES string of the molecule is O=C(O)c1ncccc1N1CCCCC1. The third-order valence-electron chi connectivity index (χ3n) is 2.69. The van der Waals surface area contributed by atoms with E-state index >= 15 is 0 Å². The van der Waals surface area contributed by atoms with Crippen LogP contribution in [0.1, 0.15) is 29.8 Å². The van der Waals surface area contributed by atoms with E-state index < -0.39 is 5.97 Å². The number of rotatable bonds is 2. The van der Waals surface area contributed by atoms with Crippen molar-refractivity contribution in [1.29, 1.82) is 0 Å². The number of carboxylic acids is 1. The van der Waals surface area contributed by atoms with Crippen LogP contribution in [-0.4, -0.2) is 29.1 Å². The van der Waals surface area contributed by atoms with Crippen LogP contribution in [0.15, 0.2) is 18.3 Å². The smallest absolute Gasteiger partial charge is 0.356 e. The van der Waals surface area contributed by atoms with Crippen LogP contribution < -0.4 is 4.90 Å². The van der Waals surface area contributed by atoms with Crippen LogP contribution >= 0.6 is 0 Å². The number of pyridine rings is 1. The summed E-state index contributed by atoms with van der Waals surface area (Å²) in [6.07, 6.45) is 5.03. The number of aromatic nitrogens is 1. The molecule has 0 aliphatic carbocycles. The van der Waals surface area contributed by atoms with Crippen LogP contribution in [0.2, 0.25) is 0 Å². The fourth-order valence-corrected chi connectivity index (χ4v) is 1.95. The monoisotopic (exact) mass is 206 g/mol. The first-order valence-electron chi connectivity index (χ1n) is 5.22. The summed E-state index contributed by atoms with van der Waals surface area (Å²) >= 11 is 0. The topological polar surface area (TPSA) is 53.4 Å². The summed E-state index contributed by atoms with van der Waals surface area (Å²) in [6, 6.07) is 3.62. The standard InChI is InChI=1S/C11H14N2O2/c14-11(15)10-9(5-4-6-12-10)13-7-2-1-3-8-13/h4-6H,1-3,7-8H2,(H,14,15). The molecule has 0 saturated carbocycles. The molecule has 80 valence electrons. The van der Waals surface area contributed by atoms with E-state index in [4.69, 9.17) is 5.11 Å². The van der Waals surface area contributed by atoms with Gasteiger partial charge in [-0.05, 0) is 31.4 Å². The molecular formula is C11H14N2O2. The summed E-state index contributed by atoms with van der Waals surface area (Å²) in [7, 11) is 0. The Morgan fingerprint density at radius 1 is 1.33 bits per heavy atom. The minimum absolute atomic E-state index is 0.166. The first-order chi connectivity index (χ1) is 7.29. The Kier molecular flexibility index (Phi) is 2.85. The summed E-state index contributed by atoms with van der Waals surface area (Å²) in [5.74, 6) is -0.948. The zero-order chi connectivity index (χ0) is 10.7. The zero-order valence-electron chi connectivity index (χ0n) is 8.52. The Balaban J connectivity index is 2.29. The highest BCUT2D eigenvalue weighted by atomic mass is 16.4. The number of carbonyl (C=O) groups is 1. The third-order valence-corrected chi connectivity index (χ3v) is 2.69. The molecule has 1 aromatic heterocycles. The van der Waals surface area contributed by atoms with Gasteiger partial charge in [0.15, 0.2) is 5.69 Å². The summed E-state index contributed by atoms with van der Waals surface area (Å²) in [4.78, 5) is 17.0. The largest absolute Gasteiger partial charge is 0.476 e. The van der Waals surface area contributed by atoms with Gasteiger partial charge in [-0.25, -0.2) is 9.78 Å². The van der Waals surface area contributed by atoms with Crippen molar-refractivity contribution in [3.05, 3.63) is 24.0 Å². The van der Waals surface area contributed by atoms with E-state index in [0.29, 0.717) is 0 Å². The average molecular weight is 206 g/mol. The predicted molar refractivity (Wildman–Crippen MR) is 57.3 cm³/mol. The van der Waals surface area contributed by atoms with Gasteiger partial charge in [-0.3, -0.25) is 0 Å². The first kappa shape index (κ1) is 9.96. The number of nitrogens with zero attached hydrogens (tertiary/aromatic N) is 2. The Labute approximate surface area is 88.6 Å². The molecule has 1 aliphatic heterocycles.